The third kappa shape index (κ3) is 7.52. The molecule has 2 atom stereocenters. The number of hydrogen-bond donors (Lipinski definition) is 3. The third-order valence-electron chi connectivity index (χ3n) is 2.99. The van der Waals surface area contributed by atoms with E-state index in [1.165, 1.54) is 13.8 Å². The van der Waals surface area contributed by atoms with Gasteiger partial charge < -0.3 is 19.9 Å². The average molecular weight is 366 g/mol. The Balaban J connectivity index is 2.79. The van der Waals surface area contributed by atoms with Crippen LogP contribution in [0.2, 0.25) is 0 Å². The van der Waals surface area contributed by atoms with Gasteiger partial charge in [-0.3, -0.25) is 10.1 Å². The molecule has 0 aromatic heterocycles. The minimum absolute atomic E-state index is 0.418. The van der Waals surface area contributed by atoms with Gasteiger partial charge in [0.25, 0.3) is 5.91 Å². The van der Waals surface area contributed by atoms with Gasteiger partial charge in [0.15, 0.2) is 6.10 Å². The smallest absolute Gasteiger partial charge is 0.412 e. The molecule has 1 rings (SSSR count). The predicted molar refractivity (Wildman–Crippen MR) is 96.9 cm³/mol. The van der Waals surface area contributed by atoms with Gasteiger partial charge in [0, 0.05) is 11.4 Å². The number of aryl methyl sites for hydroxylation is 1. The van der Waals surface area contributed by atoms with Crippen molar-refractivity contribution in [2.75, 3.05) is 10.6 Å². The second-order valence-electron chi connectivity index (χ2n) is 6.96. The molecule has 144 valence electrons. The van der Waals surface area contributed by atoms with E-state index in [0.29, 0.717) is 11.4 Å². The molecule has 0 aliphatic carbocycles. The maximum Gasteiger partial charge on any atom is 0.412 e. The van der Waals surface area contributed by atoms with Gasteiger partial charge in [0.2, 0.25) is 0 Å². The number of rotatable bonds is 5. The van der Waals surface area contributed by atoms with E-state index in [-0.39, 0.29) is 0 Å². The molecule has 2 unspecified atom stereocenters. The van der Waals surface area contributed by atoms with Crippen LogP contribution in [0.4, 0.5) is 16.2 Å². The summed E-state index contributed by atoms with van der Waals surface area (Å²) in [4.78, 5) is 35.3. The first-order valence-corrected chi connectivity index (χ1v) is 8.18. The quantitative estimate of drug-likeness (QED) is 0.690. The largest absolute Gasteiger partial charge is 0.451 e. The number of carbonyl (C=O) groups excluding carboxylic acids is 3. The highest BCUT2D eigenvalue weighted by atomic mass is 16.6. The lowest BCUT2D eigenvalue weighted by Crippen LogP contribution is -2.33. The zero-order valence-corrected chi connectivity index (χ0v) is 15.9. The predicted octanol–water partition coefficient (Wildman–Crippen LogP) is 2.59. The maximum atomic E-state index is 12.1. The van der Waals surface area contributed by atoms with Crippen LogP contribution in [-0.4, -0.2) is 40.9 Å². The summed E-state index contributed by atoms with van der Waals surface area (Å²) >= 11 is 0. The van der Waals surface area contributed by atoms with Crippen LogP contribution >= 0.6 is 0 Å². The molecule has 0 saturated heterocycles. The molecule has 0 aliphatic heterocycles. The molecule has 0 heterocycles. The van der Waals surface area contributed by atoms with Crippen LogP contribution in [0.25, 0.3) is 0 Å². The Morgan fingerprint density at radius 2 is 1.58 bits per heavy atom. The summed E-state index contributed by atoms with van der Waals surface area (Å²) in [5.41, 5.74) is 1.03. The van der Waals surface area contributed by atoms with Crippen LogP contribution in [0.3, 0.4) is 0 Å². The van der Waals surface area contributed by atoms with Crippen LogP contribution in [-0.2, 0) is 19.1 Å². The number of hydrogen-bond acceptors (Lipinski definition) is 6. The summed E-state index contributed by atoms with van der Waals surface area (Å²) in [6.45, 7) is 9.71. The van der Waals surface area contributed by atoms with E-state index in [4.69, 9.17) is 14.6 Å². The topological polar surface area (TPSA) is 114 Å². The molecule has 0 radical (unpaired) electrons. The van der Waals surface area contributed by atoms with E-state index in [1.807, 2.05) is 0 Å². The molecule has 1 aromatic carbocycles. The van der Waals surface area contributed by atoms with Crippen LogP contribution in [0, 0.1) is 6.92 Å². The Morgan fingerprint density at radius 3 is 2.08 bits per heavy atom. The molecule has 26 heavy (non-hydrogen) atoms. The molecule has 0 aliphatic rings. The second-order valence-corrected chi connectivity index (χ2v) is 6.96. The van der Waals surface area contributed by atoms with Gasteiger partial charge in [0.05, 0.1) is 0 Å². The molecule has 0 fully saturated rings. The molecule has 0 bridgehead atoms. The van der Waals surface area contributed by atoms with Crippen molar-refractivity contribution in [3.63, 3.8) is 0 Å². The molecular formula is C18H26N2O6. The molecular weight excluding hydrogens is 340 g/mol. The zero-order valence-electron chi connectivity index (χ0n) is 15.9. The van der Waals surface area contributed by atoms with Crippen molar-refractivity contribution in [2.45, 2.75) is 59.4 Å². The highest BCUT2D eigenvalue weighted by Crippen LogP contribution is 2.20. The monoisotopic (exact) mass is 366 g/mol. The summed E-state index contributed by atoms with van der Waals surface area (Å²) in [6.07, 6.45) is -3.01. The first-order chi connectivity index (χ1) is 11.9. The van der Waals surface area contributed by atoms with E-state index in [1.54, 1.807) is 45.9 Å². The van der Waals surface area contributed by atoms with E-state index in [2.05, 4.69) is 10.6 Å². The van der Waals surface area contributed by atoms with E-state index >= 15 is 0 Å². The van der Waals surface area contributed by atoms with Gasteiger partial charge in [-0.2, -0.15) is 0 Å². The maximum absolute atomic E-state index is 12.1. The Kier molecular flexibility index (Phi) is 7.14. The Hall–Kier alpha value is -2.61. The van der Waals surface area contributed by atoms with Crippen molar-refractivity contribution in [1.82, 2.24) is 0 Å². The van der Waals surface area contributed by atoms with Gasteiger partial charge in [-0.15, -0.1) is 0 Å². The van der Waals surface area contributed by atoms with E-state index in [0.717, 1.165) is 5.56 Å². The minimum Gasteiger partial charge on any atom is -0.451 e. The highest BCUT2D eigenvalue weighted by Gasteiger charge is 2.21. The number of benzene rings is 1. The van der Waals surface area contributed by atoms with E-state index in [9.17, 15) is 14.4 Å². The normalized spacial score (nSPS) is 13.3. The summed E-state index contributed by atoms with van der Waals surface area (Å²) in [5.74, 6) is -1.45. The molecule has 1 aromatic rings. The molecule has 8 nitrogen and oxygen atoms in total. The van der Waals surface area contributed by atoms with E-state index < -0.39 is 35.8 Å². The standard InChI is InChI=1S/C18H26N2O6/c1-10-7-13(19-15(22)12(3)25-16(23)11(2)21)9-14(8-10)20-17(24)26-18(4,5)6/h7-9,11-12,21H,1-6H3,(H,19,22)(H,20,24). The lowest BCUT2D eigenvalue weighted by molar-refractivity contribution is -0.160. The van der Waals surface area contributed by atoms with Crippen molar-refractivity contribution >= 4 is 29.3 Å². The Bertz CT molecular complexity index is 679. The van der Waals surface area contributed by atoms with Gasteiger partial charge in [-0.25, -0.2) is 9.59 Å². The fourth-order valence-corrected chi connectivity index (χ4v) is 1.92. The first-order valence-electron chi connectivity index (χ1n) is 8.18. The number of nitrogens with one attached hydrogen (secondary N) is 2. The summed E-state index contributed by atoms with van der Waals surface area (Å²) in [5, 5.41) is 14.3. The average Bonchev–Trinajstić information content (AvgIpc) is 2.43. The molecule has 0 saturated carbocycles. The number of aliphatic hydroxyl groups is 1. The van der Waals surface area contributed by atoms with Crippen LogP contribution in [0.1, 0.15) is 40.2 Å². The number of ether oxygens (including phenoxy) is 2. The fourth-order valence-electron chi connectivity index (χ4n) is 1.92. The lowest BCUT2D eigenvalue weighted by Gasteiger charge is -2.20. The minimum atomic E-state index is -1.31. The van der Waals surface area contributed by atoms with Gasteiger partial charge >= 0.3 is 12.1 Å². The molecule has 8 heteroatoms. The highest BCUT2D eigenvalue weighted by molar-refractivity contribution is 5.96. The Labute approximate surface area is 152 Å². The SMILES string of the molecule is Cc1cc(NC(=O)OC(C)(C)C)cc(NC(=O)C(C)OC(=O)C(C)O)c1. The van der Waals surface area contributed by atoms with Crippen molar-refractivity contribution in [3.05, 3.63) is 23.8 Å². The van der Waals surface area contributed by atoms with Gasteiger partial charge in [0.1, 0.15) is 11.7 Å². The summed E-state index contributed by atoms with van der Waals surface area (Å²) in [6, 6.07) is 4.97. The summed E-state index contributed by atoms with van der Waals surface area (Å²) in [7, 11) is 0. The number of aliphatic hydroxyl groups excluding tert-OH is 1. The fraction of sp³-hybridized carbons (Fsp3) is 0.500. The second kappa shape index (κ2) is 8.66. The summed E-state index contributed by atoms with van der Waals surface area (Å²) < 4.78 is 10.0. The Morgan fingerprint density at radius 1 is 1.04 bits per heavy atom. The zero-order chi connectivity index (χ0) is 20.1. The lowest BCUT2D eigenvalue weighted by atomic mass is 10.2. The molecule has 3 N–H and O–H groups in total. The molecule has 2 amide bonds. The first kappa shape index (κ1) is 21.4. The number of anilines is 2. The van der Waals surface area contributed by atoms with Gasteiger partial charge in [-0.1, -0.05) is 0 Å². The number of amides is 2. The molecule has 0 spiro atoms. The van der Waals surface area contributed by atoms with Crippen LogP contribution in [0.5, 0.6) is 0 Å². The van der Waals surface area contributed by atoms with Crippen LogP contribution in [0.15, 0.2) is 18.2 Å². The van der Waals surface area contributed by atoms with Crippen LogP contribution < -0.4 is 10.6 Å². The van der Waals surface area contributed by atoms with Gasteiger partial charge in [-0.05, 0) is 65.3 Å². The van der Waals surface area contributed by atoms with Crippen molar-refractivity contribution < 1.29 is 29.0 Å². The third-order valence-corrected chi connectivity index (χ3v) is 2.99. The number of carbonyl (C=O) groups is 3. The number of esters is 1. The van der Waals surface area contributed by atoms with Crippen molar-refractivity contribution in [3.8, 4) is 0 Å². The van der Waals surface area contributed by atoms with Crippen molar-refractivity contribution in [2.24, 2.45) is 0 Å². The van der Waals surface area contributed by atoms with Crippen molar-refractivity contribution in [1.29, 1.82) is 0 Å².